The first-order valence-corrected chi connectivity index (χ1v) is 8.86. The van der Waals surface area contributed by atoms with Crippen LogP contribution in [0.2, 0.25) is 0 Å². The molecule has 2 atom stereocenters. The van der Waals surface area contributed by atoms with Gasteiger partial charge in [-0.3, -0.25) is 9.59 Å². The van der Waals surface area contributed by atoms with Crippen LogP contribution in [0.3, 0.4) is 0 Å². The average Bonchev–Trinajstić information content (AvgIpc) is 3.30. The van der Waals surface area contributed by atoms with E-state index in [0.717, 1.165) is 31.4 Å². The molecule has 5 nitrogen and oxygen atoms in total. The zero-order valence-corrected chi connectivity index (χ0v) is 14.5. The van der Waals surface area contributed by atoms with Crippen LogP contribution in [0.5, 0.6) is 5.75 Å². The number of ether oxygens (including phenoxy) is 1. The Hall–Kier alpha value is -2.04. The summed E-state index contributed by atoms with van der Waals surface area (Å²) in [7, 11) is 0. The minimum Gasteiger partial charge on any atom is -0.489 e. The molecule has 3 rings (SSSR count). The number of likely N-dealkylation sites (tertiary alicyclic amines) is 1. The summed E-state index contributed by atoms with van der Waals surface area (Å²) in [5, 5.41) is 2.94. The summed E-state index contributed by atoms with van der Waals surface area (Å²) < 4.78 is 5.81. The van der Waals surface area contributed by atoms with Gasteiger partial charge in [-0.25, -0.2) is 0 Å². The molecular weight excluding hydrogens is 304 g/mol. The SMILES string of the molecule is Cc1ccc(O[C@@H](C)CNC(=O)[C@H]2CCCN2C(=O)C2CC2)cc1. The van der Waals surface area contributed by atoms with Crippen LogP contribution in [0.25, 0.3) is 0 Å². The van der Waals surface area contributed by atoms with Gasteiger partial charge in [0.15, 0.2) is 0 Å². The van der Waals surface area contributed by atoms with E-state index in [2.05, 4.69) is 5.32 Å². The van der Waals surface area contributed by atoms with E-state index >= 15 is 0 Å². The number of amides is 2. The third-order valence-corrected chi connectivity index (χ3v) is 4.69. The number of nitrogens with zero attached hydrogens (tertiary/aromatic N) is 1. The van der Waals surface area contributed by atoms with Gasteiger partial charge in [0.2, 0.25) is 11.8 Å². The van der Waals surface area contributed by atoms with Gasteiger partial charge in [-0.15, -0.1) is 0 Å². The Labute approximate surface area is 143 Å². The van der Waals surface area contributed by atoms with Gasteiger partial charge in [0.1, 0.15) is 17.9 Å². The second kappa shape index (κ2) is 7.24. The zero-order valence-electron chi connectivity index (χ0n) is 14.5. The van der Waals surface area contributed by atoms with E-state index < -0.39 is 0 Å². The standard InChI is InChI=1S/C19H26N2O3/c1-13-5-9-16(10-6-13)24-14(2)12-20-18(22)17-4-3-11-21(17)19(23)15-7-8-15/h5-6,9-10,14-15,17H,3-4,7-8,11-12H2,1-2H3,(H,20,22)/t14-,17+/m0/s1. The monoisotopic (exact) mass is 330 g/mol. The average molecular weight is 330 g/mol. The van der Waals surface area contributed by atoms with Gasteiger partial charge in [0.25, 0.3) is 0 Å². The van der Waals surface area contributed by atoms with Crippen molar-refractivity contribution in [1.29, 1.82) is 0 Å². The van der Waals surface area contributed by atoms with Crippen LogP contribution in [-0.2, 0) is 9.59 Å². The van der Waals surface area contributed by atoms with Crippen molar-refractivity contribution in [2.45, 2.75) is 51.7 Å². The molecule has 1 aromatic rings. The molecule has 2 fully saturated rings. The predicted octanol–water partition coefficient (Wildman–Crippen LogP) is 2.28. The van der Waals surface area contributed by atoms with E-state index in [9.17, 15) is 9.59 Å². The smallest absolute Gasteiger partial charge is 0.242 e. The normalized spacial score (nSPS) is 21.4. The van der Waals surface area contributed by atoms with Crippen molar-refractivity contribution in [3.63, 3.8) is 0 Å². The molecule has 130 valence electrons. The zero-order chi connectivity index (χ0) is 17.1. The maximum atomic E-state index is 12.4. The lowest BCUT2D eigenvalue weighted by atomic mass is 10.2. The number of nitrogens with one attached hydrogen (secondary N) is 1. The predicted molar refractivity (Wildman–Crippen MR) is 91.7 cm³/mol. The highest BCUT2D eigenvalue weighted by Gasteiger charge is 2.40. The number of carbonyl (C=O) groups is 2. The molecule has 1 heterocycles. The Kier molecular flexibility index (Phi) is 5.07. The molecule has 1 N–H and O–H groups in total. The number of rotatable bonds is 6. The van der Waals surface area contributed by atoms with E-state index in [1.165, 1.54) is 5.56 Å². The molecule has 1 aliphatic heterocycles. The second-order valence-electron chi connectivity index (χ2n) is 6.95. The molecule has 5 heteroatoms. The molecule has 0 radical (unpaired) electrons. The highest BCUT2D eigenvalue weighted by Crippen LogP contribution is 2.33. The first-order valence-electron chi connectivity index (χ1n) is 8.86. The summed E-state index contributed by atoms with van der Waals surface area (Å²) in [6.45, 7) is 5.11. The van der Waals surface area contributed by atoms with E-state index in [4.69, 9.17) is 4.74 Å². The van der Waals surface area contributed by atoms with Crippen molar-refractivity contribution in [2.75, 3.05) is 13.1 Å². The van der Waals surface area contributed by atoms with Crippen molar-refractivity contribution in [3.8, 4) is 5.75 Å². The Bertz CT molecular complexity index is 595. The van der Waals surface area contributed by atoms with Crippen molar-refractivity contribution in [3.05, 3.63) is 29.8 Å². The Morgan fingerprint density at radius 3 is 2.62 bits per heavy atom. The van der Waals surface area contributed by atoms with Crippen molar-refractivity contribution < 1.29 is 14.3 Å². The summed E-state index contributed by atoms with van der Waals surface area (Å²) in [5.74, 6) is 1.08. The lowest BCUT2D eigenvalue weighted by molar-refractivity contribution is -0.139. The van der Waals surface area contributed by atoms with Crippen LogP contribution in [-0.4, -0.2) is 41.9 Å². The van der Waals surface area contributed by atoms with Crippen molar-refractivity contribution >= 4 is 11.8 Å². The quantitative estimate of drug-likeness (QED) is 0.870. The third-order valence-electron chi connectivity index (χ3n) is 4.69. The molecule has 2 aliphatic rings. The Morgan fingerprint density at radius 2 is 1.96 bits per heavy atom. The Morgan fingerprint density at radius 1 is 1.25 bits per heavy atom. The van der Waals surface area contributed by atoms with Gasteiger partial charge < -0.3 is 15.0 Å². The molecule has 1 saturated carbocycles. The first kappa shape index (κ1) is 16.8. The summed E-state index contributed by atoms with van der Waals surface area (Å²) in [4.78, 5) is 26.5. The molecule has 1 saturated heterocycles. The topological polar surface area (TPSA) is 58.6 Å². The maximum Gasteiger partial charge on any atom is 0.242 e. The number of aryl methyl sites for hydroxylation is 1. The summed E-state index contributed by atoms with van der Waals surface area (Å²) in [5.41, 5.74) is 1.19. The fraction of sp³-hybridized carbons (Fsp3) is 0.579. The van der Waals surface area contributed by atoms with Crippen LogP contribution in [0.1, 0.15) is 38.2 Å². The van der Waals surface area contributed by atoms with E-state index in [1.807, 2.05) is 38.1 Å². The van der Waals surface area contributed by atoms with Crippen LogP contribution >= 0.6 is 0 Å². The van der Waals surface area contributed by atoms with Gasteiger partial charge in [-0.2, -0.15) is 0 Å². The Balaban J connectivity index is 1.47. The van der Waals surface area contributed by atoms with Crippen molar-refractivity contribution in [1.82, 2.24) is 10.2 Å². The van der Waals surface area contributed by atoms with Crippen LogP contribution < -0.4 is 10.1 Å². The van der Waals surface area contributed by atoms with E-state index in [-0.39, 0.29) is 29.9 Å². The highest BCUT2D eigenvalue weighted by molar-refractivity contribution is 5.90. The summed E-state index contributed by atoms with van der Waals surface area (Å²) >= 11 is 0. The molecular formula is C19H26N2O3. The van der Waals surface area contributed by atoms with Gasteiger partial charge in [0.05, 0.1) is 6.54 Å². The molecule has 24 heavy (non-hydrogen) atoms. The fourth-order valence-corrected chi connectivity index (χ4v) is 3.12. The van der Waals surface area contributed by atoms with Crippen LogP contribution in [0.15, 0.2) is 24.3 Å². The molecule has 2 amide bonds. The highest BCUT2D eigenvalue weighted by atomic mass is 16.5. The molecule has 0 bridgehead atoms. The van der Waals surface area contributed by atoms with Crippen LogP contribution in [0, 0.1) is 12.8 Å². The maximum absolute atomic E-state index is 12.4. The third kappa shape index (κ3) is 4.08. The summed E-state index contributed by atoms with van der Waals surface area (Å²) in [6.07, 6.45) is 3.50. The van der Waals surface area contributed by atoms with E-state index in [1.54, 1.807) is 4.90 Å². The molecule has 0 spiro atoms. The minimum absolute atomic E-state index is 0.0548. The van der Waals surface area contributed by atoms with Gasteiger partial charge in [-0.05, 0) is 51.7 Å². The lowest BCUT2D eigenvalue weighted by Gasteiger charge is -2.24. The number of hydrogen-bond acceptors (Lipinski definition) is 3. The van der Waals surface area contributed by atoms with Gasteiger partial charge in [0, 0.05) is 12.5 Å². The number of carbonyl (C=O) groups excluding carboxylic acids is 2. The number of benzene rings is 1. The van der Waals surface area contributed by atoms with Crippen molar-refractivity contribution in [2.24, 2.45) is 5.92 Å². The first-order chi connectivity index (χ1) is 11.5. The molecule has 1 aromatic carbocycles. The fourth-order valence-electron chi connectivity index (χ4n) is 3.12. The number of hydrogen-bond donors (Lipinski definition) is 1. The molecule has 1 aliphatic carbocycles. The lowest BCUT2D eigenvalue weighted by Crippen LogP contribution is -2.48. The minimum atomic E-state index is -0.301. The second-order valence-corrected chi connectivity index (χ2v) is 6.95. The van der Waals surface area contributed by atoms with Gasteiger partial charge >= 0.3 is 0 Å². The molecule has 0 unspecified atom stereocenters. The largest absolute Gasteiger partial charge is 0.489 e. The summed E-state index contributed by atoms with van der Waals surface area (Å²) in [6, 6.07) is 7.56. The van der Waals surface area contributed by atoms with Crippen LogP contribution in [0.4, 0.5) is 0 Å². The van der Waals surface area contributed by atoms with E-state index in [0.29, 0.717) is 13.1 Å². The molecule has 0 aromatic heterocycles. The van der Waals surface area contributed by atoms with Gasteiger partial charge in [-0.1, -0.05) is 17.7 Å².